The van der Waals surface area contributed by atoms with Crippen LogP contribution in [-0.4, -0.2) is 26.3 Å². The van der Waals surface area contributed by atoms with E-state index in [1.807, 2.05) is 0 Å². The minimum atomic E-state index is -4.45. The first-order valence-corrected chi connectivity index (χ1v) is 8.46. The molecule has 2 aromatic heterocycles. The predicted octanol–water partition coefficient (Wildman–Crippen LogP) is 4.51. The monoisotopic (exact) mass is 387 g/mol. The first kappa shape index (κ1) is 19.5. The van der Waals surface area contributed by atoms with Gasteiger partial charge >= 0.3 is 6.18 Å². The van der Waals surface area contributed by atoms with E-state index in [1.54, 1.807) is 30.6 Å². The van der Waals surface area contributed by atoms with E-state index in [4.69, 9.17) is 0 Å². The van der Waals surface area contributed by atoms with Gasteiger partial charge in [-0.1, -0.05) is 0 Å². The van der Waals surface area contributed by atoms with Crippen molar-refractivity contribution in [2.45, 2.75) is 25.9 Å². The third-order valence-corrected chi connectivity index (χ3v) is 4.11. The summed E-state index contributed by atoms with van der Waals surface area (Å²) in [7, 11) is 0. The van der Waals surface area contributed by atoms with Gasteiger partial charge in [0.1, 0.15) is 11.5 Å². The Hall–Kier alpha value is -3.29. The zero-order valence-electron chi connectivity index (χ0n) is 14.9. The van der Waals surface area contributed by atoms with Gasteiger partial charge in [0.15, 0.2) is 5.78 Å². The maximum absolute atomic E-state index is 12.8. The van der Waals surface area contributed by atoms with Gasteiger partial charge in [0.05, 0.1) is 16.9 Å². The molecule has 8 heteroatoms. The predicted molar refractivity (Wildman–Crippen MR) is 96.0 cm³/mol. The van der Waals surface area contributed by atoms with Crippen molar-refractivity contribution in [1.29, 1.82) is 0 Å². The number of hydrogen-bond donors (Lipinski definition) is 0. The van der Waals surface area contributed by atoms with Crippen molar-refractivity contribution in [3.05, 3.63) is 66.1 Å². The molecule has 0 spiro atoms. The highest BCUT2D eigenvalue weighted by molar-refractivity contribution is 5.98. The summed E-state index contributed by atoms with van der Waals surface area (Å²) in [5.41, 5.74) is 0.921. The zero-order chi connectivity index (χ0) is 20.3. The van der Waals surface area contributed by atoms with Gasteiger partial charge in [-0.05, 0) is 49.4 Å². The molecule has 0 atom stereocenters. The molecule has 28 heavy (non-hydrogen) atoms. The Kier molecular flexibility index (Phi) is 5.39. The number of alkyl halides is 3. The second kappa shape index (κ2) is 7.75. The second-order valence-corrected chi connectivity index (χ2v) is 6.23. The largest absolute Gasteiger partial charge is 0.416 e. The molecule has 0 N–H and O–H groups in total. The summed E-state index contributed by atoms with van der Waals surface area (Å²) >= 11 is 0. The number of Topliss-reactive ketones (excluding diaryl/α,β-unsaturated/α-hetero) is 2. The van der Waals surface area contributed by atoms with E-state index in [0.717, 1.165) is 12.1 Å². The van der Waals surface area contributed by atoms with E-state index >= 15 is 0 Å². The minimum absolute atomic E-state index is 0.00253. The third kappa shape index (κ3) is 4.33. The summed E-state index contributed by atoms with van der Waals surface area (Å²) in [5.74, 6) is -0.439. The number of pyridine rings is 1. The zero-order valence-corrected chi connectivity index (χ0v) is 14.9. The lowest BCUT2D eigenvalue weighted by Crippen LogP contribution is -2.11. The molecule has 0 aliphatic heterocycles. The van der Waals surface area contributed by atoms with E-state index in [-0.39, 0.29) is 30.1 Å². The van der Waals surface area contributed by atoms with Crippen molar-refractivity contribution in [3.8, 4) is 16.9 Å². The van der Waals surface area contributed by atoms with Crippen molar-refractivity contribution in [2.75, 3.05) is 0 Å². The van der Waals surface area contributed by atoms with Gasteiger partial charge in [0.2, 0.25) is 0 Å². The van der Waals surface area contributed by atoms with Crippen LogP contribution in [0.25, 0.3) is 16.9 Å². The van der Waals surface area contributed by atoms with E-state index in [9.17, 15) is 22.8 Å². The van der Waals surface area contributed by atoms with Crippen molar-refractivity contribution < 1.29 is 22.8 Å². The molecule has 0 amide bonds. The number of ketones is 2. The van der Waals surface area contributed by atoms with Gasteiger partial charge in [-0.25, -0.2) is 4.68 Å². The van der Waals surface area contributed by atoms with Gasteiger partial charge in [0, 0.05) is 30.8 Å². The first-order chi connectivity index (χ1) is 13.3. The minimum Gasteiger partial charge on any atom is -0.300 e. The molecule has 3 aromatic rings. The number of carbonyl (C=O) groups is 2. The van der Waals surface area contributed by atoms with Gasteiger partial charge < -0.3 is 4.79 Å². The van der Waals surface area contributed by atoms with Crippen LogP contribution in [-0.2, 0) is 11.0 Å². The second-order valence-electron chi connectivity index (χ2n) is 6.23. The number of rotatable bonds is 6. The van der Waals surface area contributed by atoms with Crippen LogP contribution in [0.2, 0.25) is 0 Å². The highest BCUT2D eigenvalue weighted by Crippen LogP contribution is 2.30. The lowest BCUT2D eigenvalue weighted by atomic mass is 10.1. The van der Waals surface area contributed by atoms with Crippen molar-refractivity contribution in [2.24, 2.45) is 0 Å². The summed E-state index contributed by atoms with van der Waals surface area (Å²) in [6.45, 7) is 1.39. The maximum atomic E-state index is 12.8. The van der Waals surface area contributed by atoms with Crippen molar-refractivity contribution in [1.82, 2.24) is 14.8 Å². The standard InChI is InChI=1S/C20H16F3N3O2/c1-13(27)2-7-19(28)18-12-17(14-8-10-24-11-9-14)25-26(18)16-5-3-15(4-6-16)20(21,22)23/h3-6,8-12H,2,7H2,1H3. The molecule has 1 aromatic carbocycles. The molecule has 0 unspecified atom stereocenters. The lowest BCUT2D eigenvalue weighted by Gasteiger charge is -2.09. The molecule has 0 fully saturated rings. The van der Waals surface area contributed by atoms with E-state index in [2.05, 4.69) is 10.1 Å². The summed E-state index contributed by atoms with van der Waals surface area (Å²) < 4.78 is 39.8. The highest BCUT2D eigenvalue weighted by atomic mass is 19.4. The molecule has 0 radical (unpaired) electrons. The molecule has 0 aliphatic carbocycles. The number of nitrogens with zero attached hydrogens (tertiary/aromatic N) is 3. The fraction of sp³-hybridized carbons (Fsp3) is 0.200. The molecule has 2 heterocycles. The fourth-order valence-corrected chi connectivity index (χ4v) is 2.65. The number of carbonyl (C=O) groups excluding carboxylic acids is 2. The molecule has 0 bridgehead atoms. The number of halogens is 3. The van der Waals surface area contributed by atoms with Crippen LogP contribution in [0, 0.1) is 0 Å². The molecule has 0 saturated heterocycles. The van der Waals surface area contributed by atoms with Gasteiger partial charge in [-0.15, -0.1) is 0 Å². The average Bonchev–Trinajstić information content (AvgIpc) is 3.12. The average molecular weight is 387 g/mol. The Bertz CT molecular complexity index is 994. The molecular weight excluding hydrogens is 371 g/mol. The van der Waals surface area contributed by atoms with Crippen LogP contribution >= 0.6 is 0 Å². The summed E-state index contributed by atoms with van der Waals surface area (Å²) in [6, 6.07) is 9.38. The van der Waals surface area contributed by atoms with Gasteiger partial charge in [0.25, 0.3) is 0 Å². The normalized spacial score (nSPS) is 11.4. The first-order valence-electron chi connectivity index (χ1n) is 8.46. The maximum Gasteiger partial charge on any atom is 0.416 e. The van der Waals surface area contributed by atoms with Crippen molar-refractivity contribution >= 4 is 11.6 Å². The Morgan fingerprint density at radius 1 is 1.00 bits per heavy atom. The Morgan fingerprint density at radius 2 is 1.64 bits per heavy atom. The van der Waals surface area contributed by atoms with Gasteiger partial charge in [-0.3, -0.25) is 9.78 Å². The molecular formula is C20H16F3N3O2. The molecule has 0 aliphatic rings. The Balaban J connectivity index is 2.03. The lowest BCUT2D eigenvalue weighted by molar-refractivity contribution is -0.137. The summed E-state index contributed by atoms with van der Waals surface area (Å²) in [4.78, 5) is 27.7. The van der Waals surface area contributed by atoms with Gasteiger partial charge in [-0.2, -0.15) is 18.3 Å². The Labute approximate surface area is 158 Å². The number of benzene rings is 1. The quantitative estimate of drug-likeness (QED) is 0.584. The van der Waals surface area contributed by atoms with Crippen molar-refractivity contribution in [3.63, 3.8) is 0 Å². The van der Waals surface area contributed by atoms with E-state index in [0.29, 0.717) is 16.9 Å². The Morgan fingerprint density at radius 3 is 2.21 bits per heavy atom. The molecule has 5 nitrogen and oxygen atoms in total. The molecule has 3 rings (SSSR count). The molecule has 144 valence electrons. The van der Waals surface area contributed by atoms with Crippen LogP contribution in [0.1, 0.15) is 35.8 Å². The van der Waals surface area contributed by atoms with Crippen LogP contribution in [0.15, 0.2) is 54.9 Å². The van der Waals surface area contributed by atoms with Crippen LogP contribution in [0.3, 0.4) is 0 Å². The smallest absolute Gasteiger partial charge is 0.300 e. The summed E-state index contributed by atoms with van der Waals surface area (Å²) in [6.07, 6.45) is -1.22. The highest BCUT2D eigenvalue weighted by Gasteiger charge is 2.30. The van der Waals surface area contributed by atoms with Crippen LogP contribution < -0.4 is 0 Å². The van der Waals surface area contributed by atoms with Crippen LogP contribution in [0.5, 0.6) is 0 Å². The van der Waals surface area contributed by atoms with Crippen LogP contribution in [0.4, 0.5) is 13.2 Å². The third-order valence-electron chi connectivity index (χ3n) is 4.11. The fourth-order valence-electron chi connectivity index (χ4n) is 2.65. The van der Waals surface area contributed by atoms with E-state index < -0.39 is 11.7 Å². The topological polar surface area (TPSA) is 64.8 Å². The summed E-state index contributed by atoms with van der Waals surface area (Å²) in [5, 5.41) is 4.39. The number of hydrogen-bond acceptors (Lipinski definition) is 4. The SMILES string of the molecule is CC(=O)CCC(=O)c1cc(-c2ccncc2)nn1-c1ccc(C(F)(F)F)cc1. The molecule has 0 saturated carbocycles. The van der Waals surface area contributed by atoms with E-state index in [1.165, 1.54) is 23.7 Å². The number of aromatic nitrogens is 3.